The second-order valence-corrected chi connectivity index (χ2v) is 5.54. The molecule has 0 atom stereocenters. The first-order valence-electron chi connectivity index (χ1n) is 5.93. The van der Waals surface area contributed by atoms with Crippen molar-refractivity contribution in [2.75, 3.05) is 0 Å². The molecule has 5 nitrogen and oxygen atoms in total. The highest BCUT2D eigenvalue weighted by molar-refractivity contribution is 7.99. The fraction of sp³-hybridized carbons (Fsp3) is 0. The third-order valence-electron chi connectivity index (χ3n) is 2.66. The SMILES string of the molecule is O=C(O)c1nc(Sc2ccc(Cl)cn2)c2ccccc2n1. The summed E-state index contributed by atoms with van der Waals surface area (Å²) >= 11 is 7.07. The molecule has 7 heteroatoms. The van der Waals surface area contributed by atoms with Crippen LogP contribution in [0.25, 0.3) is 10.9 Å². The molecule has 3 aromatic rings. The molecule has 0 unspecified atom stereocenters. The second-order valence-electron chi connectivity index (χ2n) is 4.09. The zero-order valence-electron chi connectivity index (χ0n) is 10.5. The number of hydrogen-bond acceptors (Lipinski definition) is 5. The molecule has 1 N–H and O–H groups in total. The molecule has 0 spiro atoms. The molecule has 2 aromatic heterocycles. The third-order valence-corrected chi connectivity index (χ3v) is 3.84. The quantitative estimate of drug-likeness (QED) is 0.745. The molecule has 0 aliphatic heterocycles. The first-order valence-corrected chi connectivity index (χ1v) is 7.12. The number of nitrogens with zero attached hydrogens (tertiary/aromatic N) is 3. The molecule has 1 aromatic carbocycles. The molecule has 0 radical (unpaired) electrons. The summed E-state index contributed by atoms with van der Waals surface area (Å²) in [5, 5.41) is 11.7. The van der Waals surface area contributed by atoms with Gasteiger partial charge in [-0.15, -0.1) is 0 Å². The molecule has 21 heavy (non-hydrogen) atoms. The van der Waals surface area contributed by atoms with Crippen molar-refractivity contribution in [2.24, 2.45) is 0 Å². The van der Waals surface area contributed by atoms with Crippen LogP contribution < -0.4 is 0 Å². The summed E-state index contributed by atoms with van der Waals surface area (Å²) in [4.78, 5) is 23.4. The smallest absolute Gasteiger partial charge is 0.373 e. The lowest BCUT2D eigenvalue weighted by atomic mass is 10.2. The number of para-hydroxylation sites is 1. The Morgan fingerprint density at radius 1 is 1.14 bits per heavy atom. The molecule has 0 fully saturated rings. The van der Waals surface area contributed by atoms with Gasteiger partial charge in [-0.3, -0.25) is 0 Å². The van der Waals surface area contributed by atoms with E-state index in [2.05, 4.69) is 15.0 Å². The summed E-state index contributed by atoms with van der Waals surface area (Å²) in [6.45, 7) is 0. The molecule has 0 saturated heterocycles. The van der Waals surface area contributed by atoms with Gasteiger partial charge in [0.1, 0.15) is 10.1 Å². The minimum absolute atomic E-state index is 0.231. The van der Waals surface area contributed by atoms with Gasteiger partial charge in [0.25, 0.3) is 0 Å². The number of carboxylic acids is 1. The topological polar surface area (TPSA) is 76.0 Å². The highest BCUT2D eigenvalue weighted by Crippen LogP contribution is 2.30. The van der Waals surface area contributed by atoms with E-state index in [1.165, 1.54) is 18.0 Å². The van der Waals surface area contributed by atoms with Gasteiger partial charge in [-0.25, -0.2) is 19.7 Å². The normalized spacial score (nSPS) is 10.7. The molecule has 0 aliphatic rings. The summed E-state index contributed by atoms with van der Waals surface area (Å²) in [5.41, 5.74) is 0.585. The maximum atomic E-state index is 11.1. The zero-order valence-corrected chi connectivity index (χ0v) is 12.1. The number of benzene rings is 1. The number of aromatic nitrogens is 3. The predicted molar refractivity (Wildman–Crippen MR) is 79.9 cm³/mol. The number of aromatic carboxylic acids is 1. The number of carboxylic acid groups (broad SMARTS) is 1. The van der Waals surface area contributed by atoms with E-state index >= 15 is 0 Å². The van der Waals surface area contributed by atoms with Crippen LogP contribution in [0.3, 0.4) is 0 Å². The molecular formula is C14H8ClN3O2S. The van der Waals surface area contributed by atoms with Crippen molar-refractivity contribution in [2.45, 2.75) is 10.1 Å². The van der Waals surface area contributed by atoms with Crippen LogP contribution >= 0.6 is 23.4 Å². The number of hydrogen-bond donors (Lipinski definition) is 1. The maximum absolute atomic E-state index is 11.1. The van der Waals surface area contributed by atoms with Crippen LogP contribution in [0, 0.1) is 0 Å². The van der Waals surface area contributed by atoms with Crippen LogP contribution in [0.2, 0.25) is 5.02 Å². The number of rotatable bonds is 3. The van der Waals surface area contributed by atoms with E-state index in [1.54, 1.807) is 24.3 Å². The average molecular weight is 318 g/mol. The summed E-state index contributed by atoms with van der Waals surface area (Å²) in [5.74, 6) is -1.39. The lowest BCUT2D eigenvalue weighted by Gasteiger charge is -2.06. The van der Waals surface area contributed by atoms with E-state index in [-0.39, 0.29) is 5.82 Å². The van der Waals surface area contributed by atoms with Gasteiger partial charge >= 0.3 is 5.97 Å². The molecule has 0 aliphatic carbocycles. The van der Waals surface area contributed by atoms with E-state index in [1.807, 2.05) is 12.1 Å². The number of carbonyl (C=O) groups is 1. The highest BCUT2D eigenvalue weighted by Gasteiger charge is 2.13. The first-order chi connectivity index (χ1) is 10.1. The maximum Gasteiger partial charge on any atom is 0.373 e. The van der Waals surface area contributed by atoms with Crippen LogP contribution in [0.15, 0.2) is 52.6 Å². The highest BCUT2D eigenvalue weighted by atomic mass is 35.5. The fourth-order valence-corrected chi connectivity index (χ4v) is 2.71. The number of fused-ring (bicyclic) bond motifs is 1. The third kappa shape index (κ3) is 2.96. The van der Waals surface area contributed by atoms with Crippen LogP contribution in [-0.2, 0) is 0 Å². The van der Waals surface area contributed by atoms with Gasteiger partial charge in [0.2, 0.25) is 5.82 Å². The van der Waals surface area contributed by atoms with Gasteiger partial charge in [0.05, 0.1) is 10.5 Å². The monoisotopic (exact) mass is 317 g/mol. The van der Waals surface area contributed by atoms with Gasteiger partial charge in [0.15, 0.2) is 0 Å². The van der Waals surface area contributed by atoms with Gasteiger partial charge < -0.3 is 5.11 Å². The van der Waals surface area contributed by atoms with Crippen LogP contribution in [0.5, 0.6) is 0 Å². The van der Waals surface area contributed by atoms with Crippen LogP contribution in [0.1, 0.15) is 10.6 Å². The van der Waals surface area contributed by atoms with Gasteiger partial charge in [0, 0.05) is 11.6 Å². The van der Waals surface area contributed by atoms with Crippen molar-refractivity contribution in [3.63, 3.8) is 0 Å². The first kappa shape index (κ1) is 13.8. The minimum atomic E-state index is -1.16. The van der Waals surface area contributed by atoms with Crippen LogP contribution in [-0.4, -0.2) is 26.0 Å². The standard InChI is InChI=1S/C14H8ClN3O2S/c15-8-5-6-11(16-7-8)21-13-9-3-1-2-4-10(9)17-12(18-13)14(19)20/h1-7H,(H,19,20). The Morgan fingerprint density at radius 3 is 2.67 bits per heavy atom. The lowest BCUT2D eigenvalue weighted by molar-refractivity contribution is 0.0683. The van der Waals surface area contributed by atoms with Crippen molar-refractivity contribution in [3.8, 4) is 0 Å². The largest absolute Gasteiger partial charge is 0.475 e. The molecule has 2 heterocycles. The summed E-state index contributed by atoms with van der Waals surface area (Å²) in [7, 11) is 0. The molecule has 104 valence electrons. The fourth-order valence-electron chi connectivity index (χ4n) is 1.74. The summed E-state index contributed by atoms with van der Waals surface area (Å²) in [6, 6.07) is 10.7. The van der Waals surface area contributed by atoms with E-state index < -0.39 is 5.97 Å². The molecule has 0 amide bonds. The Balaban J connectivity index is 2.11. The van der Waals surface area contributed by atoms with E-state index in [0.717, 1.165) is 5.39 Å². The Morgan fingerprint density at radius 2 is 1.95 bits per heavy atom. The predicted octanol–water partition coefficient (Wildman–Crippen LogP) is 3.53. The van der Waals surface area contributed by atoms with E-state index in [9.17, 15) is 4.79 Å². The summed E-state index contributed by atoms with van der Waals surface area (Å²) in [6.07, 6.45) is 1.53. The Bertz CT molecular complexity index is 824. The van der Waals surface area contributed by atoms with Crippen molar-refractivity contribution in [3.05, 3.63) is 53.4 Å². The molecule has 3 rings (SSSR count). The van der Waals surface area contributed by atoms with E-state index in [0.29, 0.717) is 20.6 Å². The lowest BCUT2D eigenvalue weighted by Crippen LogP contribution is -2.05. The number of pyridine rings is 1. The van der Waals surface area contributed by atoms with Gasteiger partial charge in [-0.1, -0.05) is 29.8 Å². The van der Waals surface area contributed by atoms with Crippen LogP contribution in [0.4, 0.5) is 0 Å². The van der Waals surface area contributed by atoms with Gasteiger partial charge in [-0.2, -0.15) is 0 Å². The van der Waals surface area contributed by atoms with Gasteiger partial charge in [-0.05, 0) is 30.0 Å². The number of halogens is 1. The second kappa shape index (κ2) is 5.67. The van der Waals surface area contributed by atoms with Crippen molar-refractivity contribution < 1.29 is 9.90 Å². The van der Waals surface area contributed by atoms with Crippen molar-refractivity contribution in [1.29, 1.82) is 0 Å². The Labute approximate surface area is 129 Å². The zero-order chi connectivity index (χ0) is 14.8. The summed E-state index contributed by atoms with van der Waals surface area (Å²) < 4.78 is 0. The van der Waals surface area contributed by atoms with Crippen molar-refractivity contribution in [1.82, 2.24) is 15.0 Å². The Hall–Kier alpha value is -2.18. The van der Waals surface area contributed by atoms with Crippen molar-refractivity contribution >= 4 is 40.2 Å². The molecule has 0 saturated carbocycles. The molecule has 0 bridgehead atoms. The van der Waals surface area contributed by atoms with E-state index in [4.69, 9.17) is 16.7 Å². The average Bonchev–Trinajstić information content (AvgIpc) is 2.49. The minimum Gasteiger partial charge on any atom is -0.475 e. The Kier molecular flexibility index (Phi) is 3.72. The molecular weight excluding hydrogens is 310 g/mol.